The monoisotopic (exact) mass is 211 g/mol. The van der Waals surface area contributed by atoms with Crippen LogP contribution < -0.4 is 5.32 Å². The molecule has 2 rings (SSSR count). The Labute approximate surface area is 93.8 Å². The zero-order chi connectivity index (χ0) is 10.7. The van der Waals surface area contributed by atoms with Gasteiger partial charge in [-0.15, -0.1) is 0 Å². The first-order valence-electron chi connectivity index (χ1n) is 6.66. The average molecular weight is 211 g/mol. The zero-order valence-corrected chi connectivity index (χ0v) is 10.2. The number of nitrogens with one attached hydrogen (secondary N) is 1. The summed E-state index contributed by atoms with van der Waals surface area (Å²) in [6.45, 7) is 2.31. The molecule has 2 saturated carbocycles. The van der Waals surface area contributed by atoms with Gasteiger partial charge in [-0.1, -0.05) is 26.2 Å². The van der Waals surface area contributed by atoms with Crippen LogP contribution in [-0.4, -0.2) is 25.3 Å². The van der Waals surface area contributed by atoms with Crippen molar-refractivity contribution >= 4 is 0 Å². The third kappa shape index (κ3) is 2.73. The molecule has 2 aliphatic rings. The van der Waals surface area contributed by atoms with Gasteiger partial charge in [-0.25, -0.2) is 0 Å². The lowest BCUT2D eigenvalue weighted by Crippen LogP contribution is -2.46. The number of ether oxygens (including phenoxy) is 1. The minimum atomic E-state index is 0.555. The molecule has 0 heterocycles. The van der Waals surface area contributed by atoms with Crippen molar-refractivity contribution in [1.29, 1.82) is 0 Å². The standard InChI is InChI=1S/C13H25NO/c1-3-10-6-4-5-7-13(10)15-12-8-11(9-12)14-2/h10-14H,3-9H2,1-2H3. The largest absolute Gasteiger partial charge is 0.375 e. The molecule has 0 aromatic rings. The summed E-state index contributed by atoms with van der Waals surface area (Å²) in [7, 11) is 2.05. The van der Waals surface area contributed by atoms with Crippen molar-refractivity contribution < 1.29 is 4.74 Å². The van der Waals surface area contributed by atoms with E-state index in [-0.39, 0.29) is 0 Å². The van der Waals surface area contributed by atoms with Crippen LogP contribution in [0, 0.1) is 5.92 Å². The van der Waals surface area contributed by atoms with E-state index in [1.54, 1.807) is 0 Å². The van der Waals surface area contributed by atoms with Crippen molar-refractivity contribution in [3.05, 3.63) is 0 Å². The fourth-order valence-corrected chi connectivity index (χ4v) is 2.98. The van der Waals surface area contributed by atoms with Crippen molar-refractivity contribution in [2.75, 3.05) is 7.05 Å². The maximum absolute atomic E-state index is 6.22. The number of hydrogen-bond acceptors (Lipinski definition) is 2. The molecule has 2 nitrogen and oxygen atoms in total. The molecular weight excluding hydrogens is 186 g/mol. The number of hydrogen-bond donors (Lipinski definition) is 1. The van der Waals surface area contributed by atoms with E-state index in [2.05, 4.69) is 19.3 Å². The lowest BCUT2D eigenvalue weighted by Gasteiger charge is -2.40. The fraction of sp³-hybridized carbons (Fsp3) is 1.00. The number of rotatable bonds is 4. The summed E-state index contributed by atoms with van der Waals surface area (Å²) in [5, 5.41) is 3.31. The predicted octanol–water partition coefficient (Wildman–Crippen LogP) is 2.72. The summed E-state index contributed by atoms with van der Waals surface area (Å²) in [4.78, 5) is 0. The Morgan fingerprint density at radius 3 is 2.60 bits per heavy atom. The molecule has 0 amide bonds. The quantitative estimate of drug-likeness (QED) is 0.772. The Kier molecular flexibility index (Phi) is 4.04. The minimum absolute atomic E-state index is 0.555. The van der Waals surface area contributed by atoms with Crippen molar-refractivity contribution in [3.8, 4) is 0 Å². The summed E-state index contributed by atoms with van der Waals surface area (Å²) in [5.74, 6) is 0.840. The molecule has 0 spiro atoms. The summed E-state index contributed by atoms with van der Waals surface area (Å²) in [6.07, 6.45) is 10.4. The third-order valence-corrected chi connectivity index (χ3v) is 4.23. The van der Waals surface area contributed by atoms with E-state index in [1.807, 2.05) is 0 Å². The Morgan fingerprint density at radius 2 is 1.93 bits per heavy atom. The molecular formula is C13H25NO. The minimum Gasteiger partial charge on any atom is -0.375 e. The summed E-state index contributed by atoms with van der Waals surface area (Å²) in [6, 6.07) is 0.721. The molecule has 2 unspecified atom stereocenters. The second-order valence-electron chi connectivity index (χ2n) is 5.21. The molecule has 0 aromatic heterocycles. The van der Waals surface area contributed by atoms with Gasteiger partial charge in [0.2, 0.25) is 0 Å². The highest BCUT2D eigenvalue weighted by molar-refractivity contribution is 4.87. The molecule has 88 valence electrons. The maximum Gasteiger partial charge on any atom is 0.0608 e. The molecule has 2 atom stereocenters. The van der Waals surface area contributed by atoms with Crippen LogP contribution in [0.25, 0.3) is 0 Å². The van der Waals surface area contributed by atoms with E-state index >= 15 is 0 Å². The van der Waals surface area contributed by atoms with Gasteiger partial charge in [-0.05, 0) is 38.6 Å². The second-order valence-corrected chi connectivity index (χ2v) is 5.21. The molecule has 2 fully saturated rings. The van der Waals surface area contributed by atoms with Gasteiger partial charge in [0.1, 0.15) is 0 Å². The van der Waals surface area contributed by atoms with Gasteiger partial charge in [0.25, 0.3) is 0 Å². The molecule has 2 heteroatoms. The Bertz CT molecular complexity index is 189. The first-order chi connectivity index (χ1) is 7.33. The van der Waals surface area contributed by atoms with E-state index in [1.165, 1.54) is 44.9 Å². The molecule has 0 radical (unpaired) electrons. The van der Waals surface area contributed by atoms with Crippen LogP contribution in [0.2, 0.25) is 0 Å². The highest BCUT2D eigenvalue weighted by atomic mass is 16.5. The van der Waals surface area contributed by atoms with Crippen molar-refractivity contribution in [3.63, 3.8) is 0 Å². The van der Waals surface area contributed by atoms with Crippen LogP contribution in [0.15, 0.2) is 0 Å². The molecule has 0 bridgehead atoms. The first kappa shape index (κ1) is 11.4. The van der Waals surface area contributed by atoms with Crippen LogP contribution >= 0.6 is 0 Å². The van der Waals surface area contributed by atoms with Crippen LogP contribution in [0.5, 0.6) is 0 Å². The van der Waals surface area contributed by atoms with E-state index in [9.17, 15) is 0 Å². The second kappa shape index (κ2) is 5.31. The molecule has 0 aromatic carbocycles. The fourth-order valence-electron chi connectivity index (χ4n) is 2.98. The third-order valence-electron chi connectivity index (χ3n) is 4.23. The van der Waals surface area contributed by atoms with Gasteiger partial charge in [0.15, 0.2) is 0 Å². The predicted molar refractivity (Wildman–Crippen MR) is 63.0 cm³/mol. The molecule has 1 N–H and O–H groups in total. The van der Waals surface area contributed by atoms with Gasteiger partial charge >= 0.3 is 0 Å². The maximum atomic E-state index is 6.22. The van der Waals surface area contributed by atoms with Crippen LogP contribution in [0.1, 0.15) is 51.9 Å². The smallest absolute Gasteiger partial charge is 0.0608 e. The van der Waals surface area contributed by atoms with Gasteiger partial charge in [0, 0.05) is 6.04 Å². The van der Waals surface area contributed by atoms with Crippen LogP contribution in [0.4, 0.5) is 0 Å². The Balaban J connectivity index is 1.73. The highest BCUT2D eigenvalue weighted by Crippen LogP contribution is 2.33. The van der Waals surface area contributed by atoms with E-state index in [0.717, 1.165) is 12.0 Å². The van der Waals surface area contributed by atoms with Crippen LogP contribution in [-0.2, 0) is 4.74 Å². The van der Waals surface area contributed by atoms with Gasteiger partial charge < -0.3 is 10.1 Å². The SMILES string of the molecule is CCC1CCCCC1OC1CC(NC)C1. The average Bonchev–Trinajstić information content (AvgIpc) is 2.23. The molecule has 0 saturated heterocycles. The topological polar surface area (TPSA) is 21.3 Å². The van der Waals surface area contributed by atoms with E-state index < -0.39 is 0 Å². The Hall–Kier alpha value is -0.0800. The van der Waals surface area contributed by atoms with Crippen LogP contribution in [0.3, 0.4) is 0 Å². The summed E-state index contributed by atoms with van der Waals surface area (Å²) >= 11 is 0. The normalized spacial score (nSPS) is 41.2. The van der Waals surface area contributed by atoms with E-state index in [0.29, 0.717) is 12.2 Å². The lowest BCUT2D eigenvalue weighted by atomic mass is 9.83. The Morgan fingerprint density at radius 1 is 1.20 bits per heavy atom. The first-order valence-corrected chi connectivity index (χ1v) is 6.66. The van der Waals surface area contributed by atoms with Gasteiger partial charge in [-0.3, -0.25) is 0 Å². The summed E-state index contributed by atoms with van der Waals surface area (Å²) in [5.41, 5.74) is 0. The van der Waals surface area contributed by atoms with Crippen molar-refractivity contribution in [2.24, 2.45) is 5.92 Å². The van der Waals surface area contributed by atoms with Crippen molar-refractivity contribution in [1.82, 2.24) is 5.32 Å². The van der Waals surface area contributed by atoms with Gasteiger partial charge in [0.05, 0.1) is 12.2 Å². The molecule has 0 aliphatic heterocycles. The zero-order valence-electron chi connectivity index (χ0n) is 10.2. The van der Waals surface area contributed by atoms with Crippen molar-refractivity contribution in [2.45, 2.75) is 70.1 Å². The molecule has 2 aliphatic carbocycles. The lowest BCUT2D eigenvalue weighted by molar-refractivity contribution is -0.0986. The highest BCUT2D eigenvalue weighted by Gasteiger charge is 2.33. The summed E-state index contributed by atoms with van der Waals surface area (Å²) < 4.78 is 6.22. The van der Waals surface area contributed by atoms with E-state index in [4.69, 9.17) is 4.74 Å². The van der Waals surface area contributed by atoms with Gasteiger partial charge in [-0.2, -0.15) is 0 Å². The molecule has 15 heavy (non-hydrogen) atoms.